The summed E-state index contributed by atoms with van der Waals surface area (Å²) in [5.41, 5.74) is 3.35. The number of para-hydroxylation sites is 1. The fourth-order valence-electron chi connectivity index (χ4n) is 2.91. The lowest BCUT2D eigenvalue weighted by atomic mass is 10.1. The number of hydrogen-bond donors (Lipinski definition) is 1. The van der Waals surface area contributed by atoms with Crippen LogP contribution in [0.3, 0.4) is 0 Å². The second-order valence-corrected chi connectivity index (χ2v) is 5.79. The van der Waals surface area contributed by atoms with Crippen LogP contribution in [0.5, 0.6) is 0 Å². The molecule has 2 heterocycles. The summed E-state index contributed by atoms with van der Waals surface area (Å²) in [4.78, 5) is 11.3. The van der Waals surface area contributed by atoms with Crippen molar-refractivity contribution in [2.45, 2.75) is 20.3 Å². The third-order valence-corrected chi connectivity index (χ3v) is 3.94. The number of rotatable bonds is 4. The van der Waals surface area contributed by atoms with E-state index in [0.29, 0.717) is 5.92 Å². The summed E-state index contributed by atoms with van der Waals surface area (Å²) in [7, 11) is 0. The molecule has 2 aromatic rings. The van der Waals surface area contributed by atoms with Crippen LogP contribution >= 0.6 is 0 Å². The number of hydrogen-bond acceptors (Lipinski definition) is 4. The highest BCUT2D eigenvalue weighted by Gasteiger charge is 2.22. The zero-order chi connectivity index (χ0) is 14.7. The van der Waals surface area contributed by atoms with Gasteiger partial charge in [0.15, 0.2) is 0 Å². The molecule has 0 amide bonds. The van der Waals surface area contributed by atoms with Crippen molar-refractivity contribution in [2.24, 2.45) is 5.92 Å². The van der Waals surface area contributed by atoms with Gasteiger partial charge in [0, 0.05) is 36.7 Å². The van der Waals surface area contributed by atoms with E-state index < -0.39 is 0 Å². The molecule has 0 bridgehead atoms. The molecule has 1 aliphatic heterocycles. The monoisotopic (exact) mass is 282 g/mol. The Bertz CT molecular complexity index is 577. The first-order chi connectivity index (χ1) is 10.2. The molecule has 21 heavy (non-hydrogen) atoms. The molecule has 1 aromatic carbocycles. The molecular weight excluding hydrogens is 260 g/mol. The van der Waals surface area contributed by atoms with Crippen LogP contribution in [0.25, 0.3) is 0 Å². The molecule has 0 radical (unpaired) electrons. The maximum atomic E-state index is 4.44. The van der Waals surface area contributed by atoms with Gasteiger partial charge in [-0.25, -0.2) is 9.97 Å². The van der Waals surface area contributed by atoms with Crippen LogP contribution < -0.4 is 10.2 Å². The van der Waals surface area contributed by atoms with Gasteiger partial charge in [-0.3, -0.25) is 0 Å². The van der Waals surface area contributed by atoms with E-state index in [2.05, 4.69) is 50.5 Å². The topological polar surface area (TPSA) is 41.1 Å². The largest absolute Gasteiger partial charge is 0.371 e. The first kappa shape index (κ1) is 13.9. The van der Waals surface area contributed by atoms with Crippen molar-refractivity contribution in [3.63, 3.8) is 0 Å². The molecule has 1 unspecified atom stereocenters. The van der Waals surface area contributed by atoms with Gasteiger partial charge in [0.05, 0.1) is 0 Å². The second-order valence-electron chi connectivity index (χ2n) is 5.79. The van der Waals surface area contributed by atoms with Gasteiger partial charge in [0.1, 0.15) is 0 Å². The number of nitrogens with zero attached hydrogens (tertiary/aromatic N) is 3. The normalized spacial score (nSPS) is 18.0. The van der Waals surface area contributed by atoms with Crippen molar-refractivity contribution in [1.82, 2.24) is 9.97 Å². The van der Waals surface area contributed by atoms with Gasteiger partial charge < -0.3 is 10.2 Å². The van der Waals surface area contributed by atoms with Crippen LogP contribution in [-0.2, 0) is 0 Å². The fraction of sp³-hybridized carbons (Fsp3) is 0.412. The zero-order valence-electron chi connectivity index (χ0n) is 12.7. The van der Waals surface area contributed by atoms with E-state index in [1.165, 1.54) is 12.1 Å². The van der Waals surface area contributed by atoms with Gasteiger partial charge >= 0.3 is 0 Å². The summed E-state index contributed by atoms with van der Waals surface area (Å²) in [6.07, 6.45) is 1.21. The third-order valence-electron chi connectivity index (χ3n) is 3.94. The minimum absolute atomic E-state index is 0.648. The molecular formula is C17H22N4. The van der Waals surface area contributed by atoms with Crippen LogP contribution in [0.1, 0.15) is 17.8 Å². The van der Waals surface area contributed by atoms with Crippen LogP contribution in [0.2, 0.25) is 0 Å². The van der Waals surface area contributed by atoms with Crippen LogP contribution in [0.15, 0.2) is 36.4 Å². The number of benzene rings is 1. The predicted octanol–water partition coefficient (Wildman–Crippen LogP) is 3.03. The van der Waals surface area contributed by atoms with Crippen molar-refractivity contribution in [3.05, 3.63) is 47.8 Å². The molecule has 4 heteroatoms. The minimum atomic E-state index is 0.648. The quantitative estimate of drug-likeness (QED) is 0.936. The molecule has 1 atom stereocenters. The molecule has 1 aromatic heterocycles. The maximum Gasteiger partial charge on any atom is 0.223 e. The predicted molar refractivity (Wildman–Crippen MR) is 86.8 cm³/mol. The number of aryl methyl sites for hydroxylation is 2. The summed E-state index contributed by atoms with van der Waals surface area (Å²) >= 11 is 0. The molecule has 1 saturated heterocycles. The SMILES string of the molecule is Cc1cc(C)nc(NCC2CCN(c3ccccc3)C2)n1. The Morgan fingerprint density at radius 3 is 2.57 bits per heavy atom. The van der Waals surface area contributed by atoms with E-state index in [0.717, 1.165) is 37.0 Å². The lowest BCUT2D eigenvalue weighted by molar-refractivity contribution is 0.619. The molecule has 0 aliphatic carbocycles. The molecule has 0 saturated carbocycles. The summed E-state index contributed by atoms with van der Waals surface area (Å²) in [5.74, 6) is 1.40. The molecule has 1 fully saturated rings. The molecule has 1 N–H and O–H groups in total. The highest BCUT2D eigenvalue weighted by Crippen LogP contribution is 2.23. The van der Waals surface area contributed by atoms with E-state index in [1.54, 1.807) is 0 Å². The van der Waals surface area contributed by atoms with Gasteiger partial charge in [-0.2, -0.15) is 0 Å². The van der Waals surface area contributed by atoms with Gasteiger partial charge in [0.25, 0.3) is 0 Å². The van der Waals surface area contributed by atoms with Crippen molar-refractivity contribution in [2.75, 3.05) is 29.9 Å². The Morgan fingerprint density at radius 2 is 1.86 bits per heavy atom. The van der Waals surface area contributed by atoms with E-state index in [1.807, 2.05) is 19.9 Å². The van der Waals surface area contributed by atoms with Gasteiger partial charge in [-0.05, 0) is 44.4 Å². The first-order valence-corrected chi connectivity index (χ1v) is 7.57. The Balaban J connectivity index is 1.55. The van der Waals surface area contributed by atoms with Crippen molar-refractivity contribution in [3.8, 4) is 0 Å². The first-order valence-electron chi connectivity index (χ1n) is 7.57. The average molecular weight is 282 g/mol. The maximum absolute atomic E-state index is 4.44. The second kappa shape index (κ2) is 6.12. The lowest BCUT2D eigenvalue weighted by Gasteiger charge is -2.18. The summed E-state index contributed by atoms with van der Waals surface area (Å²) in [6.45, 7) is 7.18. The number of nitrogens with one attached hydrogen (secondary N) is 1. The zero-order valence-corrected chi connectivity index (χ0v) is 12.7. The van der Waals surface area contributed by atoms with Gasteiger partial charge in [0.2, 0.25) is 5.95 Å². The van der Waals surface area contributed by atoms with Crippen molar-refractivity contribution < 1.29 is 0 Å². The minimum Gasteiger partial charge on any atom is -0.371 e. The highest BCUT2D eigenvalue weighted by atomic mass is 15.2. The van der Waals surface area contributed by atoms with Crippen LogP contribution in [-0.4, -0.2) is 29.6 Å². The van der Waals surface area contributed by atoms with E-state index in [4.69, 9.17) is 0 Å². The molecule has 110 valence electrons. The number of anilines is 2. The van der Waals surface area contributed by atoms with Crippen molar-refractivity contribution >= 4 is 11.6 Å². The molecule has 0 spiro atoms. The third kappa shape index (κ3) is 3.51. The Morgan fingerprint density at radius 1 is 1.14 bits per heavy atom. The average Bonchev–Trinajstić information content (AvgIpc) is 2.94. The van der Waals surface area contributed by atoms with E-state index >= 15 is 0 Å². The molecule has 3 rings (SSSR count). The lowest BCUT2D eigenvalue weighted by Crippen LogP contribution is -2.22. The van der Waals surface area contributed by atoms with Crippen molar-refractivity contribution in [1.29, 1.82) is 0 Å². The molecule has 1 aliphatic rings. The smallest absolute Gasteiger partial charge is 0.223 e. The molecule has 4 nitrogen and oxygen atoms in total. The Hall–Kier alpha value is -2.10. The standard InChI is InChI=1S/C17H22N4/c1-13-10-14(2)20-17(19-13)18-11-15-8-9-21(12-15)16-6-4-3-5-7-16/h3-7,10,15H,8-9,11-12H2,1-2H3,(H,18,19,20). The number of aromatic nitrogens is 2. The Kier molecular flexibility index (Phi) is 4.04. The van der Waals surface area contributed by atoms with Crippen LogP contribution in [0.4, 0.5) is 11.6 Å². The fourth-order valence-corrected chi connectivity index (χ4v) is 2.91. The van der Waals surface area contributed by atoms with Crippen LogP contribution in [0, 0.1) is 19.8 Å². The summed E-state index contributed by atoms with van der Waals surface area (Å²) in [5, 5.41) is 3.39. The Labute approximate surface area is 126 Å². The van der Waals surface area contributed by atoms with Gasteiger partial charge in [-0.15, -0.1) is 0 Å². The van der Waals surface area contributed by atoms with Gasteiger partial charge in [-0.1, -0.05) is 18.2 Å². The highest BCUT2D eigenvalue weighted by molar-refractivity contribution is 5.47. The van der Waals surface area contributed by atoms with E-state index in [9.17, 15) is 0 Å². The summed E-state index contributed by atoms with van der Waals surface area (Å²) in [6, 6.07) is 12.6. The van der Waals surface area contributed by atoms with E-state index in [-0.39, 0.29) is 0 Å². The summed E-state index contributed by atoms with van der Waals surface area (Å²) < 4.78 is 0.